The van der Waals surface area contributed by atoms with E-state index in [1.165, 1.54) is 0 Å². The van der Waals surface area contributed by atoms with Crippen LogP contribution < -0.4 is 11.2 Å². The molecule has 0 aliphatic heterocycles. The first-order chi connectivity index (χ1) is 17.1. The van der Waals surface area contributed by atoms with Crippen LogP contribution in [-0.2, 0) is 22.7 Å². The van der Waals surface area contributed by atoms with Crippen LogP contribution in [0.3, 0.4) is 0 Å². The molecule has 0 aliphatic rings. The van der Waals surface area contributed by atoms with Crippen LogP contribution in [0.2, 0.25) is 0 Å². The summed E-state index contributed by atoms with van der Waals surface area (Å²) in [5.41, 5.74) is 0.960. The van der Waals surface area contributed by atoms with E-state index < -0.39 is 17.1 Å². The van der Waals surface area contributed by atoms with Crippen LogP contribution >= 0.6 is 0 Å². The monoisotopic (exact) mass is 478 g/mol. The van der Waals surface area contributed by atoms with E-state index in [1.807, 2.05) is 66.7 Å². The average Bonchev–Trinajstić information content (AvgIpc) is 2.85. The smallest absolute Gasteiger partial charge is 0.328 e. The Balaban J connectivity index is 1.77. The Morgan fingerprint density at radius 3 is 2.11 bits per heavy atom. The largest absolute Gasteiger partial charge is 0.494 e. The normalized spacial score (nSPS) is 12.8. The number of unbranched alkanes of at least 4 members (excludes halogenated alkanes) is 1. The fourth-order valence-corrected chi connectivity index (χ4v) is 4.25. The summed E-state index contributed by atoms with van der Waals surface area (Å²) in [7, 11) is 0. The lowest BCUT2D eigenvalue weighted by Crippen LogP contribution is -2.31. The number of aromatic amines is 2. The number of rotatable bonds is 15. The minimum atomic E-state index is -0.737. The van der Waals surface area contributed by atoms with Crippen molar-refractivity contribution < 1.29 is 14.6 Å². The standard InChI is InChI=1S/C28H34N2O5/c1-2-3-6-15-23(20-35-19-22-13-9-5-10-14-22)24(25-26(31)29-28(33)30-27(25)32)16-17-34-18-21-11-7-4-8-12-21/h2,4-5,7-14,23-24H,1,3,6,15-20H2,(H3,29,30,31,32,33). The summed E-state index contributed by atoms with van der Waals surface area (Å²) in [6, 6.07) is 19.7. The number of hydrogen-bond donors (Lipinski definition) is 3. The van der Waals surface area contributed by atoms with E-state index in [9.17, 15) is 14.7 Å². The second kappa shape index (κ2) is 14.1. The molecule has 0 saturated heterocycles. The van der Waals surface area contributed by atoms with Crippen molar-refractivity contribution in [3.8, 4) is 5.88 Å². The number of allylic oxidation sites excluding steroid dienone is 1. The number of ether oxygens (including phenoxy) is 2. The number of hydrogen-bond acceptors (Lipinski definition) is 5. The van der Waals surface area contributed by atoms with Gasteiger partial charge in [-0.25, -0.2) is 4.79 Å². The molecule has 0 spiro atoms. The molecule has 2 aromatic carbocycles. The van der Waals surface area contributed by atoms with Crippen molar-refractivity contribution in [1.29, 1.82) is 0 Å². The van der Waals surface area contributed by atoms with E-state index in [0.29, 0.717) is 32.8 Å². The van der Waals surface area contributed by atoms with Gasteiger partial charge in [0.2, 0.25) is 5.88 Å². The highest BCUT2D eigenvalue weighted by molar-refractivity contribution is 5.26. The van der Waals surface area contributed by atoms with E-state index in [4.69, 9.17) is 9.47 Å². The van der Waals surface area contributed by atoms with Crippen LogP contribution in [-0.4, -0.2) is 28.3 Å². The van der Waals surface area contributed by atoms with E-state index >= 15 is 0 Å². The Bertz CT molecular complexity index is 1140. The van der Waals surface area contributed by atoms with Crippen molar-refractivity contribution in [3.63, 3.8) is 0 Å². The van der Waals surface area contributed by atoms with Gasteiger partial charge in [-0.1, -0.05) is 66.7 Å². The first-order valence-corrected chi connectivity index (χ1v) is 12.0. The molecular weight excluding hydrogens is 444 g/mol. The maximum atomic E-state index is 12.8. The number of H-pyrrole nitrogens is 2. The highest BCUT2D eigenvalue weighted by Crippen LogP contribution is 2.34. The van der Waals surface area contributed by atoms with Gasteiger partial charge in [-0.3, -0.25) is 14.8 Å². The maximum absolute atomic E-state index is 12.8. The topological polar surface area (TPSA) is 104 Å². The van der Waals surface area contributed by atoms with Gasteiger partial charge in [-0.2, -0.15) is 0 Å². The molecule has 3 rings (SSSR count). The van der Waals surface area contributed by atoms with Crippen LogP contribution in [0.15, 0.2) is 82.9 Å². The van der Waals surface area contributed by atoms with Gasteiger partial charge in [0, 0.05) is 12.5 Å². The fourth-order valence-electron chi connectivity index (χ4n) is 4.25. The Labute approximate surface area is 205 Å². The molecule has 3 N–H and O–H groups in total. The molecule has 0 amide bonds. The lowest BCUT2D eigenvalue weighted by Gasteiger charge is -2.27. The predicted octanol–water partition coefficient (Wildman–Crippen LogP) is 4.65. The highest BCUT2D eigenvalue weighted by Gasteiger charge is 2.29. The predicted molar refractivity (Wildman–Crippen MR) is 136 cm³/mol. The minimum Gasteiger partial charge on any atom is -0.494 e. The molecule has 3 aromatic rings. The van der Waals surface area contributed by atoms with Crippen molar-refractivity contribution in [2.24, 2.45) is 5.92 Å². The molecule has 1 heterocycles. The summed E-state index contributed by atoms with van der Waals surface area (Å²) in [5, 5.41) is 10.5. The Kier molecular flexibility index (Phi) is 10.5. The van der Waals surface area contributed by atoms with Gasteiger partial charge < -0.3 is 14.6 Å². The SMILES string of the molecule is C=CCCCC(COCc1ccccc1)C(CCOCc1ccccc1)c1c(O)[nH]c(=O)[nH]c1=O. The molecule has 1 aromatic heterocycles. The summed E-state index contributed by atoms with van der Waals surface area (Å²) in [5.74, 6) is -0.840. The molecule has 0 radical (unpaired) electrons. The third-order valence-corrected chi connectivity index (χ3v) is 6.01. The Morgan fingerprint density at radius 1 is 0.886 bits per heavy atom. The molecule has 0 aliphatic carbocycles. The van der Waals surface area contributed by atoms with Crippen molar-refractivity contribution in [1.82, 2.24) is 9.97 Å². The molecule has 0 fully saturated rings. The Hall–Kier alpha value is -3.42. The van der Waals surface area contributed by atoms with E-state index in [-0.39, 0.29) is 17.4 Å². The van der Waals surface area contributed by atoms with Gasteiger partial charge in [0.1, 0.15) is 0 Å². The second-order valence-corrected chi connectivity index (χ2v) is 8.58. The number of nitrogens with one attached hydrogen (secondary N) is 2. The highest BCUT2D eigenvalue weighted by atomic mass is 16.5. The van der Waals surface area contributed by atoms with Crippen LogP contribution in [0.1, 0.15) is 48.3 Å². The molecule has 186 valence electrons. The minimum absolute atomic E-state index is 0.0723. The van der Waals surface area contributed by atoms with Crippen molar-refractivity contribution >= 4 is 0 Å². The Morgan fingerprint density at radius 2 is 1.51 bits per heavy atom. The second-order valence-electron chi connectivity index (χ2n) is 8.58. The van der Waals surface area contributed by atoms with E-state index in [0.717, 1.165) is 30.4 Å². The van der Waals surface area contributed by atoms with Crippen LogP contribution in [0.25, 0.3) is 0 Å². The van der Waals surface area contributed by atoms with Crippen molar-refractivity contribution in [2.45, 2.75) is 44.8 Å². The summed E-state index contributed by atoms with van der Waals surface area (Å²) in [6.45, 7) is 5.48. The third kappa shape index (κ3) is 8.38. The molecule has 35 heavy (non-hydrogen) atoms. The first-order valence-electron chi connectivity index (χ1n) is 12.0. The number of aromatic nitrogens is 2. The number of benzene rings is 2. The molecule has 7 heteroatoms. The fraction of sp³-hybridized carbons (Fsp3) is 0.357. The summed E-state index contributed by atoms with van der Waals surface area (Å²) in [6.07, 6.45) is 4.82. The number of aromatic hydroxyl groups is 1. The molecule has 2 unspecified atom stereocenters. The maximum Gasteiger partial charge on any atom is 0.328 e. The van der Waals surface area contributed by atoms with Crippen molar-refractivity contribution in [2.75, 3.05) is 13.2 Å². The molecular formula is C28H34N2O5. The lowest BCUT2D eigenvalue weighted by atomic mass is 9.82. The van der Waals surface area contributed by atoms with Crippen molar-refractivity contribution in [3.05, 3.63) is 111 Å². The van der Waals surface area contributed by atoms with Gasteiger partial charge >= 0.3 is 5.69 Å². The zero-order chi connectivity index (χ0) is 24.9. The van der Waals surface area contributed by atoms with Crippen LogP contribution in [0.5, 0.6) is 5.88 Å². The molecule has 2 atom stereocenters. The zero-order valence-corrected chi connectivity index (χ0v) is 19.9. The zero-order valence-electron chi connectivity index (χ0n) is 19.9. The van der Waals surface area contributed by atoms with E-state index in [2.05, 4.69) is 16.5 Å². The quantitative estimate of drug-likeness (QED) is 0.218. The average molecular weight is 479 g/mol. The summed E-state index contributed by atoms with van der Waals surface area (Å²) in [4.78, 5) is 29.0. The van der Waals surface area contributed by atoms with Gasteiger partial charge in [0.25, 0.3) is 5.56 Å². The summed E-state index contributed by atoms with van der Waals surface area (Å²) < 4.78 is 12.0. The van der Waals surface area contributed by atoms with Crippen LogP contribution in [0, 0.1) is 5.92 Å². The molecule has 0 saturated carbocycles. The van der Waals surface area contributed by atoms with Gasteiger partial charge in [-0.05, 0) is 42.7 Å². The molecule has 7 nitrogen and oxygen atoms in total. The lowest BCUT2D eigenvalue weighted by molar-refractivity contribution is 0.0599. The molecule has 0 bridgehead atoms. The van der Waals surface area contributed by atoms with Gasteiger partial charge in [0.05, 0.1) is 25.4 Å². The van der Waals surface area contributed by atoms with Gasteiger partial charge in [-0.15, -0.1) is 6.58 Å². The van der Waals surface area contributed by atoms with Crippen LogP contribution in [0.4, 0.5) is 0 Å². The van der Waals surface area contributed by atoms with Gasteiger partial charge in [0.15, 0.2) is 0 Å². The third-order valence-electron chi connectivity index (χ3n) is 6.01. The summed E-state index contributed by atoms with van der Waals surface area (Å²) >= 11 is 0. The first kappa shape index (κ1) is 26.2. The van der Waals surface area contributed by atoms with E-state index in [1.54, 1.807) is 0 Å².